The van der Waals surface area contributed by atoms with Crippen LogP contribution < -0.4 is 5.32 Å². The minimum atomic E-state index is 0.564. The maximum atomic E-state index is 4.37. The molecule has 0 spiro atoms. The molecule has 0 bridgehead atoms. The highest BCUT2D eigenvalue weighted by molar-refractivity contribution is 5.84. The third kappa shape index (κ3) is 4.01. The molecular formula is C18H30N4. The Morgan fingerprint density at radius 3 is 2.68 bits per heavy atom. The molecule has 0 aromatic carbocycles. The van der Waals surface area contributed by atoms with Crippen molar-refractivity contribution in [1.82, 2.24) is 15.1 Å². The zero-order valence-electron chi connectivity index (χ0n) is 14.7. The Balaban J connectivity index is 2.20. The third-order valence-electron chi connectivity index (χ3n) is 4.39. The zero-order chi connectivity index (χ0) is 16.1. The Bertz CT molecular complexity index is 505. The molecule has 0 atom stereocenters. The van der Waals surface area contributed by atoms with Gasteiger partial charge in [0.1, 0.15) is 5.84 Å². The SMILES string of the molecule is CC/C=C1\C(NC2CCN(C)CC2)=CC(C)=CN1C(C)=NC. The van der Waals surface area contributed by atoms with Crippen LogP contribution in [0.5, 0.6) is 0 Å². The Morgan fingerprint density at radius 1 is 1.41 bits per heavy atom. The van der Waals surface area contributed by atoms with Crippen molar-refractivity contribution in [2.24, 2.45) is 4.99 Å². The van der Waals surface area contributed by atoms with Gasteiger partial charge in [-0.3, -0.25) is 4.99 Å². The second kappa shape index (κ2) is 7.63. The lowest BCUT2D eigenvalue weighted by molar-refractivity contribution is 0.241. The van der Waals surface area contributed by atoms with Crippen molar-refractivity contribution in [3.63, 3.8) is 0 Å². The van der Waals surface area contributed by atoms with E-state index in [2.05, 4.69) is 66.3 Å². The average Bonchev–Trinajstić information content (AvgIpc) is 2.51. The zero-order valence-corrected chi connectivity index (χ0v) is 14.7. The molecule has 2 aliphatic heterocycles. The molecule has 4 heteroatoms. The summed E-state index contributed by atoms with van der Waals surface area (Å²) in [6, 6.07) is 0.564. The van der Waals surface area contributed by atoms with Gasteiger partial charge in [-0.1, -0.05) is 13.0 Å². The smallest absolute Gasteiger partial charge is 0.104 e. The van der Waals surface area contributed by atoms with Crippen LogP contribution in [0.15, 0.2) is 40.3 Å². The number of aliphatic imine (C=N–C) groups is 1. The number of nitrogens with one attached hydrogen (secondary N) is 1. The van der Waals surface area contributed by atoms with Gasteiger partial charge in [0.05, 0.1) is 11.4 Å². The summed E-state index contributed by atoms with van der Waals surface area (Å²) in [6.45, 7) is 8.74. The second-order valence-electron chi connectivity index (χ2n) is 6.29. The molecule has 2 aliphatic rings. The first-order chi connectivity index (χ1) is 10.5. The molecule has 1 saturated heterocycles. The monoisotopic (exact) mass is 302 g/mol. The molecular weight excluding hydrogens is 272 g/mol. The van der Waals surface area contributed by atoms with Gasteiger partial charge in [-0.25, -0.2) is 0 Å². The molecule has 1 fully saturated rings. The Morgan fingerprint density at radius 2 is 2.09 bits per heavy atom. The molecule has 122 valence electrons. The van der Waals surface area contributed by atoms with Crippen LogP contribution in [0, 0.1) is 0 Å². The predicted molar refractivity (Wildman–Crippen MR) is 94.7 cm³/mol. The van der Waals surface area contributed by atoms with Crippen LogP contribution >= 0.6 is 0 Å². The number of allylic oxidation sites excluding steroid dienone is 3. The van der Waals surface area contributed by atoms with Crippen LogP contribution in [-0.2, 0) is 0 Å². The van der Waals surface area contributed by atoms with Crippen molar-refractivity contribution >= 4 is 5.84 Å². The van der Waals surface area contributed by atoms with Crippen LogP contribution in [0.3, 0.4) is 0 Å². The molecule has 0 aromatic rings. The minimum Gasteiger partial charge on any atom is -0.381 e. The summed E-state index contributed by atoms with van der Waals surface area (Å²) in [7, 11) is 4.05. The number of likely N-dealkylation sites (tertiary alicyclic amines) is 1. The van der Waals surface area contributed by atoms with Crippen molar-refractivity contribution in [3.05, 3.63) is 35.3 Å². The molecule has 0 amide bonds. The van der Waals surface area contributed by atoms with E-state index in [4.69, 9.17) is 0 Å². The molecule has 0 saturated carbocycles. The quantitative estimate of drug-likeness (QED) is 0.642. The molecule has 2 heterocycles. The van der Waals surface area contributed by atoms with Crippen LogP contribution in [0.25, 0.3) is 0 Å². The van der Waals surface area contributed by atoms with E-state index in [1.165, 1.54) is 42.9 Å². The van der Waals surface area contributed by atoms with Gasteiger partial charge in [0.25, 0.3) is 0 Å². The minimum absolute atomic E-state index is 0.564. The Hall–Kier alpha value is -1.55. The lowest BCUT2D eigenvalue weighted by Gasteiger charge is -2.35. The van der Waals surface area contributed by atoms with Crippen LogP contribution in [0.4, 0.5) is 0 Å². The fraction of sp³-hybridized carbons (Fsp3) is 0.611. The van der Waals surface area contributed by atoms with E-state index in [1.54, 1.807) is 0 Å². The fourth-order valence-corrected chi connectivity index (χ4v) is 3.01. The molecule has 4 nitrogen and oxygen atoms in total. The number of nitrogens with zero attached hydrogens (tertiary/aromatic N) is 3. The van der Waals surface area contributed by atoms with Gasteiger partial charge in [-0.05, 0) is 64.9 Å². The standard InChI is InChI=1S/C18H30N4/c1-6-7-18-17(20-16-8-10-21(5)11-9-16)12-14(2)13-22(18)15(3)19-4/h7,12-13,16,20H,6,8-11H2,1-5H3/b18-7+,19-15?. The summed E-state index contributed by atoms with van der Waals surface area (Å²) in [5, 5.41) is 3.78. The highest BCUT2D eigenvalue weighted by atomic mass is 15.2. The largest absolute Gasteiger partial charge is 0.381 e. The normalized spacial score (nSPS) is 23.6. The summed E-state index contributed by atoms with van der Waals surface area (Å²) < 4.78 is 0. The van der Waals surface area contributed by atoms with E-state index >= 15 is 0 Å². The van der Waals surface area contributed by atoms with Gasteiger partial charge >= 0.3 is 0 Å². The second-order valence-corrected chi connectivity index (χ2v) is 6.29. The van der Waals surface area contributed by atoms with Crippen LogP contribution in [-0.4, -0.2) is 48.9 Å². The van der Waals surface area contributed by atoms with E-state index in [0.717, 1.165) is 12.3 Å². The highest BCUT2D eigenvalue weighted by Crippen LogP contribution is 2.25. The first-order valence-electron chi connectivity index (χ1n) is 8.33. The highest BCUT2D eigenvalue weighted by Gasteiger charge is 2.23. The van der Waals surface area contributed by atoms with Crippen molar-refractivity contribution in [2.75, 3.05) is 27.2 Å². The maximum Gasteiger partial charge on any atom is 0.104 e. The lowest BCUT2D eigenvalue weighted by atomic mass is 10.0. The van der Waals surface area contributed by atoms with Gasteiger partial charge in [-0.15, -0.1) is 0 Å². The molecule has 0 aliphatic carbocycles. The van der Waals surface area contributed by atoms with E-state index in [0.29, 0.717) is 6.04 Å². The topological polar surface area (TPSA) is 30.9 Å². The average molecular weight is 302 g/mol. The van der Waals surface area contributed by atoms with Gasteiger partial charge < -0.3 is 15.1 Å². The van der Waals surface area contributed by atoms with Crippen LogP contribution in [0.2, 0.25) is 0 Å². The Kier molecular flexibility index (Phi) is 5.83. The number of piperidine rings is 1. The lowest BCUT2D eigenvalue weighted by Crippen LogP contribution is -2.42. The molecule has 1 N–H and O–H groups in total. The van der Waals surface area contributed by atoms with Gasteiger partial charge in [0.15, 0.2) is 0 Å². The molecule has 2 rings (SSSR count). The predicted octanol–water partition coefficient (Wildman–Crippen LogP) is 3.12. The van der Waals surface area contributed by atoms with Crippen molar-refractivity contribution in [2.45, 2.75) is 46.1 Å². The van der Waals surface area contributed by atoms with E-state index in [1.807, 2.05) is 7.05 Å². The molecule has 0 unspecified atom stereocenters. The van der Waals surface area contributed by atoms with E-state index in [9.17, 15) is 0 Å². The summed E-state index contributed by atoms with van der Waals surface area (Å²) in [5.74, 6) is 1.02. The maximum absolute atomic E-state index is 4.37. The van der Waals surface area contributed by atoms with Gasteiger partial charge in [0, 0.05) is 19.3 Å². The van der Waals surface area contributed by atoms with Crippen molar-refractivity contribution in [1.29, 1.82) is 0 Å². The number of hydrogen-bond acceptors (Lipinski definition) is 3. The van der Waals surface area contributed by atoms with Crippen molar-refractivity contribution < 1.29 is 0 Å². The molecule has 0 aromatic heterocycles. The summed E-state index contributed by atoms with van der Waals surface area (Å²) in [6.07, 6.45) is 10.1. The van der Waals surface area contributed by atoms with E-state index < -0.39 is 0 Å². The summed E-state index contributed by atoms with van der Waals surface area (Å²) in [5.41, 5.74) is 3.72. The number of hydrogen-bond donors (Lipinski definition) is 1. The van der Waals surface area contributed by atoms with Gasteiger partial charge in [0.2, 0.25) is 0 Å². The fourth-order valence-electron chi connectivity index (χ4n) is 3.01. The number of rotatable bonds is 3. The first-order valence-corrected chi connectivity index (χ1v) is 8.33. The molecule has 22 heavy (non-hydrogen) atoms. The van der Waals surface area contributed by atoms with Gasteiger partial charge in [-0.2, -0.15) is 0 Å². The Labute approximate surface area is 135 Å². The summed E-state index contributed by atoms with van der Waals surface area (Å²) >= 11 is 0. The molecule has 0 radical (unpaired) electrons. The van der Waals surface area contributed by atoms with Crippen LogP contribution in [0.1, 0.15) is 40.0 Å². The number of amidine groups is 1. The summed E-state index contributed by atoms with van der Waals surface area (Å²) in [4.78, 5) is 8.97. The van der Waals surface area contributed by atoms with Crippen molar-refractivity contribution in [3.8, 4) is 0 Å². The van der Waals surface area contributed by atoms with E-state index in [-0.39, 0.29) is 0 Å². The first kappa shape index (κ1) is 16.8. The third-order valence-corrected chi connectivity index (χ3v) is 4.39.